The van der Waals surface area contributed by atoms with E-state index in [0.717, 1.165) is 17.6 Å². The van der Waals surface area contributed by atoms with Crippen molar-refractivity contribution in [2.24, 2.45) is 0 Å². The van der Waals surface area contributed by atoms with Gasteiger partial charge in [-0.25, -0.2) is 0 Å². The van der Waals surface area contributed by atoms with Gasteiger partial charge in [0, 0.05) is 7.11 Å². The van der Waals surface area contributed by atoms with E-state index in [4.69, 9.17) is 4.43 Å². The van der Waals surface area contributed by atoms with Crippen LogP contribution in [0.15, 0.2) is 0 Å². The van der Waals surface area contributed by atoms with Gasteiger partial charge in [-0.1, -0.05) is 20.3 Å². The first-order valence-electron chi connectivity index (χ1n) is 5.16. The van der Waals surface area contributed by atoms with Crippen LogP contribution in [0.3, 0.4) is 0 Å². The fraction of sp³-hybridized carbons (Fsp3) is 1.00. The Morgan fingerprint density at radius 2 is 2.00 bits per heavy atom. The van der Waals surface area contributed by atoms with E-state index in [-0.39, 0.29) is 0 Å². The molecule has 0 radical (unpaired) electrons. The molecule has 4 heteroatoms. The Balaban J connectivity index is 3.85. The molecule has 0 fully saturated rings. The molecule has 0 saturated heterocycles. The van der Waals surface area contributed by atoms with Gasteiger partial charge in [0.15, 0.2) is 17.4 Å². The summed E-state index contributed by atoms with van der Waals surface area (Å²) < 4.78 is 5.55. The van der Waals surface area contributed by atoms with Gasteiger partial charge in [-0.15, -0.1) is 0 Å². The van der Waals surface area contributed by atoms with Gasteiger partial charge in [0.1, 0.15) is 0 Å². The first-order chi connectivity index (χ1) is 5.90. The standard InChI is InChI=1S/C9H24O2Si2/c1-6-9(2)12(11-3)7-8-13(4,5)10/h9-10,12H,6-8H2,1-5H3/t9-,12?/m0/s1. The zero-order valence-corrected chi connectivity index (χ0v) is 11.8. The molecule has 0 rings (SSSR count). The number of rotatable bonds is 6. The summed E-state index contributed by atoms with van der Waals surface area (Å²) in [6, 6.07) is 2.14. The van der Waals surface area contributed by atoms with Crippen LogP contribution in [-0.4, -0.2) is 29.3 Å². The maximum absolute atomic E-state index is 9.72. The molecule has 0 amide bonds. The van der Waals surface area contributed by atoms with E-state index in [2.05, 4.69) is 13.8 Å². The number of hydrogen-bond acceptors (Lipinski definition) is 2. The van der Waals surface area contributed by atoms with Crippen LogP contribution in [0, 0.1) is 0 Å². The molecule has 0 bridgehead atoms. The average Bonchev–Trinajstić information content (AvgIpc) is 2.03. The summed E-state index contributed by atoms with van der Waals surface area (Å²) in [4.78, 5) is 9.72. The van der Waals surface area contributed by atoms with Crippen molar-refractivity contribution >= 4 is 17.4 Å². The molecule has 0 aromatic heterocycles. The van der Waals surface area contributed by atoms with E-state index in [1.807, 2.05) is 20.2 Å². The first-order valence-corrected chi connectivity index (χ1v) is 10.3. The molecule has 0 aromatic carbocycles. The minimum Gasteiger partial charge on any atom is -0.432 e. The molecule has 0 aliphatic carbocycles. The quantitative estimate of drug-likeness (QED) is 0.696. The Labute approximate surface area is 85.2 Å². The molecule has 13 heavy (non-hydrogen) atoms. The van der Waals surface area contributed by atoms with Crippen LogP contribution in [0.5, 0.6) is 0 Å². The molecule has 1 N–H and O–H groups in total. The zero-order chi connectivity index (χ0) is 10.5. The Morgan fingerprint density at radius 1 is 1.46 bits per heavy atom. The second-order valence-corrected chi connectivity index (χ2v) is 11.9. The predicted molar refractivity (Wildman–Crippen MR) is 63.2 cm³/mol. The van der Waals surface area contributed by atoms with E-state index >= 15 is 0 Å². The van der Waals surface area contributed by atoms with Crippen molar-refractivity contribution in [3.63, 3.8) is 0 Å². The summed E-state index contributed by atoms with van der Waals surface area (Å²) >= 11 is 0. The van der Waals surface area contributed by atoms with Crippen molar-refractivity contribution in [1.82, 2.24) is 0 Å². The van der Waals surface area contributed by atoms with Crippen molar-refractivity contribution in [2.75, 3.05) is 7.11 Å². The highest BCUT2D eigenvalue weighted by Gasteiger charge is 2.23. The molecule has 80 valence electrons. The van der Waals surface area contributed by atoms with E-state index in [9.17, 15) is 4.80 Å². The highest BCUT2D eigenvalue weighted by atomic mass is 28.4. The molecule has 0 aliphatic heterocycles. The maximum Gasteiger partial charge on any atom is 0.182 e. The van der Waals surface area contributed by atoms with Gasteiger partial charge >= 0.3 is 0 Å². The summed E-state index contributed by atoms with van der Waals surface area (Å²) in [6.45, 7) is 8.49. The lowest BCUT2D eigenvalue weighted by Crippen LogP contribution is -2.29. The lowest BCUT2D eigenvalue weighted by atomic mass is 10.4. The zero-order valence-electron chi connectivity index (χ0n) is 9.63. The van der Waals surface area contributed by atoms with Crippen molar-refractivity contribution in [2.45, 2.75) is 51.0 Å². The first kappa shape index (κ1) is 13.4. The lowest BCUT2D eigenvalue weighted by Gasteiger charge is -2.22. The van der Waals surface area contributed by atoms with Crippen LogP contribution in [0.1, 0.15) is 20.3 Å². The summed E-state index contributed by atoms with van der Waals surface area (Å²) in [5.74, 6) is 0. The lowest BCUT2D eigenvalue weighted by molar-refractivity contribution is 0.405. The molecule has 2 nitrogen and oxygen atoms in total. The van der Waals surface area contributed by atoms with Gasteiger partial charge in [0.25, 0.3) is 0 Å². The second-order valence-electron chi connectivity index (χ2n) is 4.51. The fourth-order valence-electron chi connectivity index (χ4n) is 1.39. The third-order valence-electron chi connectivity index (χ3n) is 2.62. The van der Waals surface area contributed by atoms with Crippen molar-refractivity contribution in [3.05, 3.63) is 0 Å². The van der Waals surface area contributed by atoms with E-state index in [1.54, 1.807) is 0 Å². The normalized spacial score (nSPS) is 17.1. The van der Waals surface area contributed by atoms with Crippen molar-refractivity contribution in [3.8, 4) is 0 Å². The molecule has 0 heterocycles. The van der Waals surface area contributed by atoms with Crippen LogP contribution in [0.2, 0.25) is 30.7 Å². The third kappa shape index (κ3) is 6.43. The van der Waals surface area contributed by atoms with Gasteiger partial charge in [-0.3, -0.25) is 0 Å². The molecule has 1 unspecified atom stereocenters. The second kappa shape index (κ2) is 5.95. The molecule has 0 saturated carbocycles. The van der Waals surface area contributed by atoms with Crippen LogP contribution < -0.4 is 0 Å². The SMILES string of the molecule is CC[C@H](C)[SiH](CC[Si](C)(C)O)OC. The maximum atomic E-state index is 9.72. The molecule has 2 atom stereocenters. The van der Waals surface area contributed by atoms with Crippen LogP contribution >= 0.6 is 0 Å². The van der Waals surface area contributed by atoms with Gasteiger partial charge in [0.05, 0.1) is 0 Å². The molecular weight excluding hydrogens is 196 g/mol. The van der Waals surface area contributed by atoms with Crippen LogP contribution in [0.25, 0.3) is 0 Å². The minimum absolute atomic E-state index is 0.737. The summed E-state index contributed by atoms with van der Waals surface area (Å²) in [5, 5.41) is 0. The minimum atomic E-state index is -1.84. The molecular formula is C9H24O2Si2. The van der Waals surface area contributed by atoms with Gasteiger partial charge in [-0.2, -0.15) is 0 Å². The summed E-state index contributed by atoms with van der Waals surface area (Å²) in [5.41, 5.74) is 0.737. The largest absolute Gasteiger partial charge is 0.432 e. The molecule has 0 spiro atoms. The fourth-order valence-corrected chi connectivity index (χ4v) is 7.15. The summed E-state index contributed by atoms with van der Waals surface area (Å²) in [7, 11) is -1.04. The molecule has 0 aliphatic rings. The topological polar surface area (TPSA) is 29.5 Å². The molecule has 0 aromatic rings. The van der Waals surface area contributed by atoms with E-state index in [1.165, 1.54) is 6.42 Å². The Hall–Kier alpha value is 0.354. The Bertz CT molecular complexity index is 134. The third-order valence-corrected chi connectivity index (χ3v) is 7.92. The van der Waals surface area contributed by atoms with Gasteiger partial charge < -0.3 is 9.22 Å². The van der Waals surface area contributed by atoms with Crippen molar-refractivity contribution < 1.29 is 9.22 Å². The Morgan fingerprint density at radius 3 is 2.31 bits per heavy atom. The van der Waals surface area contributed by atoms with Gasteiger partial charge in [0.2, 0.25) is 0 Å². The highest BCUT2D eigenvalue weighted by molar-refractivity contribution is 6.71. The predicted octanol–water partition coefficient (Wildman–Crippen LogP) is 2.35. The van der Waals surface area contributed by atoms with Crippen LogP contribution in [-0.2, 0) is 4.43 Å². The van der Waals surface area contributed by atoms with E-state index < -0.39 is 17.4 Å². The monoisotopic (exact) mass is 220 g/mol. The Kier molecular flexibility index (Phi) is 6.12. The summed E-state index contributed by atoms with van der Waals surface area (Å²) in [6.07, 6.45) is 1.21. The van der Waals surface area contributed by atoms with E-state index in [0.29, 0.717) is 0 Å². The number of hydrogen-bond donors (Lipinski definition) is 1. The van der Waals surface area contributed by atoms with Crippen LogP contribution in [0.4, 0.5) is 0 Å². The van der Waals surface area contributed by atoms with Gasteiger partial charge in [-0.05, 0) is 30.7 Å². The smallest absolute Gasteiger partial charge is 0.182 e. The highest BCUT2D eigenvalue weighted by Crippen LogP contribution is 2.21. The van der Waals surface area contributed by atoms with Crippen molar-refractivity contribution in [1.29, 1.82) is 0 Å². The average molecular weight is 220 g/mol.